The Kier molecular flexibility index (Phi) is 4.75. The molecule has 0 bridgehead atoms. The maximum atomic E-state index is 12.6. The van der Waals surface area contributed by atoms with E-state index in [1.165, 1.54) is 13.0 Å². The predicted octanol–water partition coefficient (Wildman–Crippen LogP) is 3.22. The van der Waals surface area contributed by atoms with Crippen LogP contribution in [0.4, 0.5) is 0 Å². The summed E-state index contributed by atoms with van der Waals surface area (Å²) in [7, 11) is 0. The van der Waals surface area contributed by atoms with Crippen LogP contribution in [-0.2, 0) is 22.7 Å². The lowest BCUT2D eigenvalue weighted by atomic mass is 10.1. The van der Waals surface area contributed by atoms with Crippen molar-refractivity contribution in [1.29, 1.82) is 0 Å². The van der Waals surface area contributed by atoms with Crippen molar-refractivity contribution in [3.05, 3.63) is 57.9 Å². The molecule has 0 amide bonds. The maximum absolute atomic E-state index is 12.6. The van der Waals surface area contributed by atoms with E-state index in [0.717, 1.165) is 16.5 Å². The average molecular weight is 352 g/mol. The smallest absolute Gasteiger partial charge is 0.302 e. The molecule has 0 atom stereocenters. The third-order valence-electron chi connectivity index (χ3n) is 4.17. The fraction of sp³-hybridized carbons (Fsp3) is 0.250. The number of carbonyl (C=O) groups is 1. The van der Waals surface area contributed by atoms with Gasteiger partial charge in [0.25, 0.3) is 5.56 Å². The van der Waals surface area contributed by atoms with Crippen LogP contribution in [0.5, 0.6) is 5.75 Å². The lowest BCUT2D eigenvalue weighted by molar-refractivity contribution is -0.142. The first-order valence-corrected chi connectivity index (χ1v) is 8.52. The second kappa shape index (κ2) is 7.00. The summed E-state index contributed by atoms with van der Waals surface area (Å²) in [6.07, 6.45) is 0. The number of carbonyl (C=O) groups excluding carboxylic acids is 1. The van der Waals surface area contributed by atoms with Crippen LogP contribution in [0.2, 0.25) is 0 Å². The third-order valence-corrected chi connectivity index (χ3v) is 4.17. The topological polar surface area (TPSA) is 81.4 Å². The highest BCUT2D eigenvalue weighted by Crippen LogP contribution is 2.33. The third kappa shape index (κ3) is 2.94. The number of nitrogens with zero attached hydrogens (tertiary/aromatic N) is 2. The first-order valence-electron chi connectivity index (χ1n) is 8.52. The lowest BCUT2D eigenvalue weighted by Crippen LogP contribution is -2.23. The number of rotatable bonds is 2. The Balaban J connectivity index is 0.000000948. The molecule has 1 aliphatic heterocycles. The summed E-state index contributed by atoms with van der Waals surface area (Å²) in [4.78, 5) is 28.2. The Hall–Kier alpha value is -3.15. The van der Waals surface area contributed by atoms with Crippen LogP contribution in [0, 0.1) is 0 Å². The van der Waals surface area contributed by atoms with Crippen molar-refractivity contribution >= 4 is 16.9 Å². The molecule has 6 heteroatoms. The average Bonchev–Trinajstić information content (AvgIpc) is 2.99. The Morgan fingerprint density at radius 2 is 2.00 bits per heavy atom. The zero-order valence-electron chi connectivity index (χ0n) is 14.9. The number of para-hydroxylation sites is 1. The number of hydrogen-bond acceptors (Lipinski definition) is 5. The number of esters is 1. The van der Waals surface area contributed by atoms with Gasteiger partial charge in [-0.2, -0.15) is 0 Å². The van der Waals surface area contributed by atoms with Gasteiger partial charge in [0.1, 0.15) is 12.4 Å². The standard InChI is InChI=1S/C18H14N2O4.C2H6/c1-10(21)24-9-13-16(22)7-15-17-12(8-20(15)18(13)23)6-11-4-2-3-5-14(11)19-17;1-2/h2-7,22H,8-9H2,1H3;1-2H3. The van der Waals surface area contributed by atoms with E-state index in [9.17, 15) is 14.7 Å². The Morgan fingerprint density at radius 1 is 1.27 bits per heavy atom. The normalized spacial score (nSPS) is 11.3. The molecular formula is C20H20N2O4. The molecule has 0 saturated carbocycles. The highest BCUT2D eigenvalue weighted by Gasteiger charge is 2.25. The summed E-state index contributed by atoms with van der Waals surface area (Å²) in [5.41, 5.74) is 2.74. The molecule has 1 aliphatic rings. The second-order valence-corrected chi connectivity index (χ2v) is 5.75. The van der Waals surface area contributed by atoms with Gasteiger partial charge in [0.05, 0.1) is 29.0 Å². The van der Waals surface area contributed by atoms with Gasteiger partial charge in [-0.1, -0.05) is 32.0 Å². The molecule has 3 aromatic rings. The molecule has 1 N–H and O–H groups in total. The van der Waals surface area contributed by atoms with Gasteiger partial charge in [0, 0.05) is 23.9 Å². The molecule has 1 aromatic carbocycles. The molecule has 0 spiro atoms. The summed E-state index contributed by atoms with van der Waals surface area (Å²) < 4.78 is 6.41. The number of ether oxygens (including phenoxy) is 1. The number of hydrogen-bond donors (Lipinski definition) is 1. The zero-order valence-corrected chi connectivity index (χ0v) is 14.9. The van der Waals surface area contributed by atoms with E-state index < -0.39 is 5.97 Å². The van der Waals surface area contributed by atoms with Crippen molar-refractivity contribution in [2.45, 2.75) is 33.9 Å². The Morgan fingerprint density at radius 3 is 2.73 bits per heavy atom. The first kappa shape index (κ1) is 17.7. The fourth-order valence-electron chi connectivity index (χ4n) is 3.01. The van der Waals surface area contributed by atoms with Crippen LogP contribution >= 0.6 is 0 Å². The molecule has 0 unspecified atom stereocenters. The van der Waals surface area contributed by atoms with E-state index in [2.05, 4.69) is 4.98 Å². The minimum atomic E-state index is -0.504. The number of aromatic nitrogens is 2. The van der Waals surface area contributed by atoms with Crippen LogP contribution in [-0.4, -0.2) is 20.6 Å². The molecule has 0 radical (unpaired) electrons. The molecule has 3 heterocycles. The van der Waals surface area contributed by atoms with Crippen LogP contribution in [0.25, 0.3) is 22.3 Å². The summed E-state index contributed by atoms with van der Waals surface area (Å²) in [5, 5.41) is 11.2. The predicted molar refractivity (Wildman–Crippen MR) is 99.0 cm³/mol. The van der Waals surface area contributed by atoms with Gasteiger partial charge in [-0.25, -0.2) is 4.98 Å². The molecule has 134 valence electrons. The van der Waals surface area contributed by atoms with Crippen LogP contribution in [0.15, 0.2) is 41.2 Å². The van der Waals surface area contributed by atoms with E-state index in [-0.39, 0.29) is 23.5 Å². The number of aromatic hydroxyl groups is 1. The molecule has 2 aromatic heterocycles. The molecule has 6 nitrogen and oxygen atoms in total. The summed E-state index contributed by atoms with van der Waals surface area (Å²) in [5.74, 6) is -0.689. The maximum Gasteiger partial charge on any atom is 0.302 e. The Bertz CT molecular complexity index is 1050. The fourth-order valence-corrected chi connectivity index (χ4v) is 3.01. The van der Waals surface area contributed by atoms with Crippen LogP contribution < -0.4 is 5.56 Å². The van der Waals surface area contributed by atoms with Crippen molar-refractivity contribution < 1.29 is 14.6 Å². The molecule has 0 fully saturated rings. The first-order chi connectivity index (χ1) is 12.5. The minimum Gasteiger partial charge on any atom is -0.507 e. The van der Waals surface area contributed by atoms with Gasteiger partial charge in [-0.15, -0.1) is 0 Å². The monoisotopic (exact) mass is 352 g/mol. The van der Waals surface area contributed by atoms with E-state index in [1.807, 2.05) is 44.2 Å². The highest BCUT2D eigenvalue weighted by molar-refractivity contribution is 5.84. The van der Waals surface area contributed by atoms with Crippen molar-refractivity contribution in [3.8, 4) is 17.1 Å². The highest BCUT2D eigenvalue weighted by atomic mass is 16.5. The molecule has 0 aliphatic carbocycles. The largest absolute Gasteiger partial charge is 0.507 e. The Labute approximate surface area is 150 Å². The van der Waals surface area contributed by atoms with Crippen molar-refractivity contribution in [3.63, 3.8) is 0 Å². The van der Waals surface area contributed by atoms with Crippen molar-refractivity contribution in [2.24, 2.45) is 0 Å². The summed E-state index contributed by atoms with van der Waals surface area (Å²) >= 11 is 0. The van der Waals surface area contributed by atoms with E-state index in [0.29, 0.717) is 17.9 Å². The van der Waals surface area contributed by atoms with Gasteiger partial charge in [0.2, 0.25) is 0 Å². The number of pyridine rings is 2. The minimum absolute atomic E-state index is 0.0753. The van der Waals surface area contributed by atoms with Gasteiger partial charge >= 0.3 is 5.97 Å². The van der Waals surface area contributed by atoms with E-state index in [1.54, 1.807) is 4.57 Å². The molecule has 4 rings (SSSR count). The summed E-state index contributed by atoms with van der Waals surface area (Å²) in [6.45, 7) is 5.40. The SMILES string of the molecule is CC.CC(=O)OCc1c(O)cc2n(c1=O)Cc1cc3ccccc3nc1-2. The zero-order chi connectivity index (χ0) is 18.8. The van der Waals surface area contributed by atoms with Crippen molar-refractivity contribution in [1.82, 2.24) is 9.55 Å². The number of fused-ring (bicyclic) bond motifs is 4. The van der Waals surface area contributed by atoms with Gasteiger partial charge in [-0.3, -0.25) is 9.59 Å². The van der Waals surface area contributed by atoms with E-state index in [4.69, 9.17) is 4.74 Å². The van der Waals surface area contributed by atoms with Gasteiger partial charge in [-0.05, 0) is 12.1 Å². The van der Waals surface area contributed by atoms with Crippen LogP contribution in [0.1, 0.15) is 31.9 Å². The summed E-state index contributed by atoms with van der Waals surface area (Å²) in [6, 6.07) is 11.2. The molecule has 26 heavy (non-hydrogen) atoms. The van der Waals surface area contributed by atoms with Gasteiger partial charge < -0.3 is 14.4 Å². The molecular weight excluding hydrogens is 332 g/mol. The lowest BCUT2D eigenvalue weighted by Gasteiger charge is -2.09. The molecule has 0 saturated heterocycles. The van der Waals surface area contributed by atoms with Gasteiger partial charge in [0.15, 0.2) is 0 Å². The van der Waals surface area contributed by atoms with E-state index >= 15 is 0 Å². The van der Waals surface area contributed by atoms with Crippen LogP contribution in [0.3, 0.4) is 0 Å². The quantitative estimate of drug-likeness (QED) is 0.560. The number of benzene rings is 1. The second-order valence-electron chi connectivity index (χ2n) is 5.75. The van der Waals surface area contributed by atoms with Crippen molar-refractivity contribution in [2.75, 3.05) is 0 Å².